The molecule has 1 fully saturated rings. The van der Waals surface area contributed by atoms with Gasteiger partial charge < -0.3 is 9.80 Å². The van der Waals surface area contributed by atoms with Gasteiger partial charge in [-0.1, -0.05) is 72.3 Å². The maximum atomic E-state index is 6.13. The molecule has 0 unspecified atom stereocenters. The first kappa shape index (κ1) is 17.1. The Morgan fingerprint density at radius 1 is 0.769 bits per heavy atom. The highest BCUT2D eigenvalue weighted by molar-refractivity contribution is 6.30. The molecule has 3 aromatic rings. The van der Waals surface area contributed by atoms with E-state index in [0.29, 0.717) is 0 Å². The summed E-state index contributed by atoms with van der Waals surface area (Å²) < 4.78 is 0. The van der Waals surface area contributed by atoms with Gasteiger partial charge in [-0.25, -0.2) is 0 Å². The molecule has 1 heterocycles. The van der Waals surface area contributed by atoms with E-state index in [1.165, 1.54) is 22.4 Å². The lowest BCUT2D eigenvalue weighted by molar-refractivity contribution is -0.914. The average Bonchev–Trinajstić information content (AvgIpc) is 2.70. The Hall–Kier alpha value is -2.29. The van der Waals surface area contributed by atoms with Gasteiger partial charge in [0, 0.05) is 16.3 Å². The van der Waals surface area contributed by atoms with E-state index in [9.17, 15) is 0 Å². The van der Waals surface area contributed by atoms with E-state index in [2.05, 4.69) is 71.6 Å². The molecule has 0 aromatic heterocycles. The van der Waals surface area contributed by atoms with Gasteiger partial charge in [-0.2, -0.15) is 0 Å². The molecule has 3 heteroatoms. The van der Waals surface area contributed by atoms with E-state index >= 15 is 0 Å². The van der Waals surface area contributed by atoms with Crippen molar-refractivity contribution < 1.29 is 4.90 Å². The average molecular weight is 364 g/mol. The third-order valence-corrected chi connectivity index (χ3v) is 5.39. The maximum Gasteiger partial charge on any atom is 0.103 e. The minimum atomic E-state index is 0.816. The van der Waals surface area contributed by atoms with Gasteiger partial charge in [0.15, 0.2) is 0 Å². The summed E-state index contributed by atoms with van der Waals surface area (Å²) in [5.41, 5.74) is 5.22. The van der Waals surface area contributed by atoms with Crippen LogP contribution in [0.2, 0.25) is 5.02 Å². The second kappa shape index (κ2) is 7.94. The number of nitrogens with one attached hydrogen (secondary N) is 1. The van der Waals surface area contributed by atoms with Gasteiger partial charge in [0.05, 0.1) is 26.2 Å². The number of quaternary nitrogens is 1. The topological polar surface area (TPSA) is 7.68 Å². The Bertz CT molecular complexity index is 838. The molecule has 0 saturated carbocycles. The van der Waals surface area contributed by atoms with Crippen LogP contribution in [-0.4, -0.2) is 26.2 Å². The molecule has 0 spiro atoms. The van der Waals surface area contributed by atoms with Gasteiger partial charge in [-0.05, 0) is 29.3 Å². The van der Waals surface area contributed by atoms with Crippen LogP contribution in [0.4, 0.5) is 5.69 Å². The van der Waals surface area contributed by atoms with Crippen molar-refractivity contribution in [2.45, 2.75) is 6.54 Å². The summed E-state index contributed by atoms with van der Waals surface area (Å²) in [6.07, 6.45) is 0. The molecular weight excluding hydrogens is 340 g/mol. The minimum absolute atomic E-state index is 0.816. The van der Waals surface area contributed by atoms with E-state index in [-0.39, 0.29) is 0 Å². The van der Waals surface area contributed by atoms with Gasteiger partial charge in [0.1, 0.15) is 6.54 Å². The summed E-state index contributed by atoms with van der Waals surface area (Å²) >= 11 is 6.13. The summed E-state index contributed by atoms with van der Waals surface area (Å²) in [5, 5.41) is 0.816. The third-order valence-electron chi connectivity index (χ3n) is 5.16. The fourth-order valence-corrected chi connectivity index (χ4v) is 3.85. The zero-order valence-electron chi connectivity index (χ0n) is 14.9. The first-order valence-corrected chi connectivity index (χ1v) is 9.64. The van der Waals surface area contributed by atoms with Gasteiger partial charge in [-0.15, -0.1) is 0 Å². The Balaban J connectivity index is 1.34. The monoisotopic (exact) mass is 363 g/mol. The van der Waals surface area contributed by atoms with Crippen molar-refractivity contribution in [1.29, 1.82) is 0 Å². The predicted octanol–water partition coefficient (Wildman–Crippen LogP) is 3.91. The number of halogens is 1. The van der Waals surface area contributed by atoms with Crippen LogP contribution in [0.1, 0.15) is 5.56 Å². The van der Waals surface area contributed by atoms with Crippen LogP contribution in [0, 0.1) is 0 Å². The Labute approximate surface area is 160 Å². The normalized spacial score (nSPS) is 15.2. The number of hydrogen-bond donors (Lipinski definition) is 1. The minimum Gasteiger partial charge on any atom is -0.360 e. The fourth-order valence-electron chi connectivity index (χ4n) is 3.67. The summed E-state index contributed by atoms with van der Waals surface area (Å²) in [6, 6.07) is 27.8. The second-order valence-electron chi connectivity index (χ2n) is 6.96. The molecule has 1 aliphatic rings. The van der Waals surface area contributed by atoms with Crippen LogP contribution in [-0.2, 0) is 6.54 Å². The highest BCUT2D eigenvalue weighted by Gasteiger charge is 2.20. The number of piperazine rings is 1. The maximum absolute atomic E-state index is 6.13. The number of nitrogens with zero attached hydrogens (tertiary/aromatic N) is 1. The van der Waals surface area contributed by atoms with E-state index in [4.69, 9.17) is 11.6 Å². The van der Waals surface area contributed by atoms with Gasteiger partial charge >= 0.3 is 0 Å². The number of benzene rings is 3. The van der Waals surface area contributed by atoms with Crippen molar-refractivity contribution in [3.05, 3.63) is 89.4 Å². The van der Waals surface area contributed by atoms with Crippen LogP contribution in [0.5, 0.6) is 0 Å². The molecule has 2 nitrogen and oxygen atoms in total. The zero-order valence-corrected chi connectivity index (χ0v) is 15.6. The van der Waals surface area contributed by atoms with Gasteiger partial charge in [-0.3, -0.25) is 0 Å². The van der Waals surface area contributed by atoms with Crippen LogP contribution >= 0.6 is 11.6 Å². The quantitative estimate of drug-likeness (QED) is 0.738. The van der Waals surface area contributed by atoms with E-state index in [0.717, 1.165) is 37.7 Å². The lowest BCUT2D eigenvalue weighted by Crippen LogP contribution is -3.13. The van der Waals surface area contributed by atoms with Crippen molar-refractivity contribution in [3.8, 4) is 11.1 Å². The smallest absolute Gasteiger partial charge is 0.103 e. The van der Waals surface area contributed by atoms with Crippen LogP contribution < -0.4 is 9.80 Å². The molecule has 0 atom stereocenters. The van der Waals surface area contributed by atoms with Gasteiger partial charge in [0.25, 0.3) is 0 Å². The van der Waals surface area contributed by atoms with E-state index in [1.807, 2.05) is 12.1 Å². The summed E-state index contributed by atoms with van der Waals surface area (Å²) in [5.74, 6) is 0. The number of anilines is 1. The van der Waals surface area contributed by atoms with Crippen molar-refractivity contribution in [2.24, 2.45) is 0 Å². The lowest BCUT2D eigenvalue weighted by atomic mass is 10.0. The molecular formula is C23H24ClN2+. The molecule has 26 heavy (non-hydrogen) atoms. The highest BCUT2D eigenvalue weighted by atomic mass is 35.5. The highest BCUT2D eigenvalue weighted by Crippen LogP contribution is 2.20. The molecule has 132 valence electrons. The first-order valence-electron chi connectivity index (χ1n) is 9.26. The molecule has 1 N–H and O–H groups in total. The number of rotatable bonds is 4. The molecule has 0 aliphatic carbocycles. The van der Waals surface area contributed by atoms with Crippen molar-refractivity contribution in [1.82, 2.24) is 0 Å². The van der Waals surface area contributed by atoms with Crippen molar-refractivity contribution in [3.63, 3.8) is 0 Å². The predicted molar refractivity (Wildman–Crippen MR) is 110 cm³/mol. The summed E-state index contributed by atoms with van der Waals surface area (Å²) in [7, 11) is 0. The molecule has 1 saturated heterocycles. The summed E-state index contributed by atoms with van der Waals surface area (Å²) in [4.78, 5) is 4.09. The molecule has 0 bridgehead atoms. The van der Waals surface area contributed by atoms with E-state index < -0.39 is 0 Å². The van der Waals surface area contributed by atoms with E-state index in [1.54, 1.807) is 4.90 Å². The first-order chi connectivity index (χ1) is 12.8. The number of hydrogen-bond acceptors (Lipinski definition) is 1. The molecule has 4 rings (SSSR count). The molecule has 3 aromatic carbocycles. The molecule has 0 radical (unpaired) electrons. The Morgan fingerprint density at radius 3 is 2.15 bits per heavy atom. The van der Waals surface area contributed by atoms with Crippen LogP contribution in [0.15, 0.2) is 78.9 Å². The lowest BCUT2D eigenvalue weighted by Gasteiger charge is -2.33. The molecule has 1 aliphatic heterocycles. The fraction of sp³-hybridized carbons (Fsp3) is 0.217. The Kier molecular flexibility index (Phi) is 5.24. The largest absolute Gasteiger partial charge is 0.360 e. The van der Waals surface area contributed by atoms with Crippen LogP contribution in [0.25, 0.3) is 11.1 Å². The Morgan fingerprint density at radius 2 is 1.46 bits per heavy atom. The van der Waals surface area contributed by atoms with Gasteiger partial charge in [0.2, 0.25) is 0 Å². The molecule has 0 amide bonds. The third kappa shape index (κ3) is 4.09. The van der Waals surface area contributed by atoms with Crippen molar-refractivity contribution in [2.75, 3.05) is 31.1 Å². The standard InChI is InChI=1S/C23H23ClN2/c24-22-7-4-8-23(17-22)26-15-13-25(14-16-26)18-19-9-11-21(12-10-19)20-5-2-1-3-6-20/h1-12,17H,13-16,18H2/p+1. The van der Waals surface area contributed by atoms with Crippen molar-refractivity contribution >= 4 is 17.3 Å². The SMILES string of the molecule is Clc1cccc(N2CC[NH+](Cc3ccc(-c4ccccc4)cc3)CC2)c1. The van der Waals surface area contributed by atoms with Crippen LogP contribution in [0.3, 0.4) is 0 Å². The zero-order chi connectivity index (χ0) is 17.8. The second-order valence-corrected chi connectivity index (χ2v) is 7.39. The summed E-state index contributed by atoms with van der Waals surface area (Å²) in [6.45, 7) is 5.58.